The number of carbonyl (C=O) groups is 2. The summed E-state index contributed by atoms with van der Waals surface area (Å²) in [5.41, 5.74) is 3.05. The molecule has 1 aliphatic heterocycles. The third kappa shape index (κ3) is 4.40. The monoisotopic (exact) mass is 399 g/mol. The Morgan fingerprint density at radius 1 is 1.03 bits per heavy atom. The Morgan fingerprint density at radius 2 is 1.87 bits per heavy atom. The molecule has 1 aromatic heterocycles. The number of piperazine rings is 1. The summed E-state index contributed by atoms with van der Waals surface area (Å²) in [4.78, 5) is 33.4. The molecule has 1 atom stereocenters. The number of amides is 2. The molecule has 4 rings (SSSR count). The van der Waals surface area contributed by atoms with E-state index in [1.54, 1.807) is 6.20 Å². The lowest BCUT2D eigenvalue weighted by Crippen LogP contribution is -2.57. The average molecular weight is 399 g/mol. The van der Waals surface area contributed by atoms with E-state index < -0.39 is 0 Å². The molecule has 1 fully saturated rings. The molecular formula is C25H25N3O2. The number of pyridine rings is 1. The van der Waals surface area contributed by atoms with Gasteiger partial charge in [0, 0.05) is 31.2 Å². The van der Waals surface area contributed by atoms with Crippen LogP contribution in [0.3, 0.4) is 0 Å². The number of hydrogen-bond acceptors (Lipinski definition) is 3. The lowest BCUT2D eigenvalue weighted by atomic mass is 10.0. The highest BCUT2D eigenvalue weighted by atomic mass is 16.2. The highest BCUT2D eigenvalue weighted by molar-refractivity contribution is 5.88. The van der Waals surface area contributed by atoms with E-state index in [1.165, 1.54) is 6.08 Å². The summed E-state index contributed by atoms with van der Waals surface area (Å²) >= 11 is 0. The van der Waals surface area contributed by atoms with E-state index in [0.29, 0.717) is 32.5 Å². The fraction of sp³-hybridized carbons (Fsp3) is 0.240. The van der Waals surface area contributed by atoms with Gasteiger partial charge in [-0.3, -0.25) is 14.6 Å². The van der Waals surface area contributed by atoms with Crippen LogP contribution in [-0.4, -0.2) is 52.3 Å². The van der Waals surface area contributed by atoms with E-state index in [2.05, 4.69) is 23.7 Å². The van der Waals surface area contributed by atoms with Gasteiger partial charge >= 0.3 is 0 Å². The fourth-order valence-electron chi connectivity index (χ4n) is 4.07. The molecule has 1 saturated heterocycles. The summed E-state index contributed by atoms with van der Waals surface area (Å²) in [6.45, 7) is 5.23. The first-order valence-electron chi connectivity index (χ1n) is 10.2. The van der Waals surface area contributed by atoms with Gasteiger partial charge in [0.1, 0.15) is 0 Å². The molecule has 2 aromatic carbocycles. The molecule has 5 nitrogen and oxygen atoms in total. The Kier molecular flexibility index (Phi) is 5.89. The predicted molar refractivity (Wildman–Crippen MR) is 118 cm³/mol. The first-order valence-corrected chi connectivity index (χ1v) is 10.2. The van der Waals surface area contributed by atoms with Crippen LogP contribution in [-0.2, 0) is 22.4 Å². The Labute approximate surface area is 176 Å². The van der Waals surface area contributed by atoms with Crippen molar-refractivity contribution in [3.63, 3.8) is 0 Å². The van der Waals surface area contributed by atoms with Crippen LogP contribution >= 0.6 is 0 Å². The lowest BCUT2D eigenvalue weighted by Gasteiger charge is -2.41. The molecule has 0 spiro atoms. The second-order valence-corrected chi connectivity index (χ2v) is 7.63. The van der Waals surface area contributed by atoms with Crippen molar-refractivity contribution in [2.45, 2.75) is 18.9 Å². The molecule has 3 aromatic rings. The van der Waals surface area contributed by atoms with E-state index >= 15 is 0 Å². The van der Waals surface area contributed by atoms with Crippen molar-refractivity contribution in [3.05, 3.63) is 90.6 Å². The van der Waals surface area contributed by atoms with Gasteiger partial charge in [-0.05, 0) is 41.8 Å². The largest absolute Gasteiger partial charge is 0.339 e. The normalized spacial score (nSPS) is 16.5. The van der Waals surface area contributed by atoms with Crippen LogP contribution in [0.1, 0.15) is 11.1 Å². The Bertz CT molecular complexity index is 1060. The zero-order valence-corrected chi connectivity index (χ0v) is 16.9. The highest BCUT2D eigenvalue weighted by Crippen LogP contribution is 2.18. The number of aromatic nitrogens is 1. The first kappa shape index (κ1) is 19.8. The second-order valence-electron chi connectivity index (χ2n) is 7.63. The van der Waals surface area contributed by atoms with E-state index in [9.17, 15) is 9.59 Å². The maximum absolute atomic E-state index is 13.0. The molecule has 0 radical (unpaired) electrons. The van der Waals surface area contributed by atoms with Crippen molar-refractivity contribution >= 4 is 22.7 Å². The standard InChI is InChI=1S/C25H25N3O2/c1-2-24(29)28-14-13-27(18-22(28)16-19-7-4-3-5-8-19)25(30)17-20-10-11-23-21(15-20)9-6-12-26-23/h2-12,15,22H,1,13-14,16-18H2/t22-/m0/s1. The minimum Gasteiger partial charge on any atom is -0.339 e. The quantitative estimate of drug-likeness (QED) is 0.619. The van der Waals surface area contributed by atoms with Gasteiger partial charge in [0.05, 0.1) is 18.0 Å². The molecule has 152 valence electrons. The summed E-state index contributed by atoms with van der Waals surface area (Å²) in [5.74, 6) is 0.00654. The third-order valence-electron chi connectivity index (χ3n) is 5.63. The van der Waals surface area contributed by atoms with Gasteiger partial charge in [-0.2, -0.15) is 0 Å². The molecule has 2 heterocycles. The molecule has 0 aliphatic carbocycles. The van der Waals surface area contributed by atoms with Crippen LogP contribution < -0.4 is 0 Å². The Balaban J connectivity index is 1.48. The van der Waals surface area contributed by atoms with Crippen molar-refractivity contribution < 1.29 is 9.59 Å². The third-order valence-corrected chi connectivity index (χ3v) is 5.63. The molecule has 30 heavy (non-hydrogen) atoms. The van der Waals surface area contributed by atoms with Crippen LogP contribution in [0.15, 0.2) is 79.5 Å². The summed E-state index contributed by atoms with van der Waals surface area (Å²) in [7, 11) is 0. The fourth-order valence-corrected chi connectivity index (χ4v) is 4.07. The van der Waals surface area contributed by atoms with Crippen molar-refractivity contribution in [2.75, 3.05) is 19.6 Å². The van der Waals surface area contributed by atoms with Crippen LogP contribution in [0, 0.1) is 0 Å². The summed E-state index contributed by atoms with van der Waals surface area (Å²) in [5, 5.41) is 1.03. The van der Waals surface area contributed by atoms with E-state index in [1.807, 2.05) is 58.3 Å². The van der Waals surface area contributed by atoms with Gasteiger partial charge in [0.25, 0.3) is 0 Å². The van der Waals surface area contributed by atoms with Crippen molar-refractivity contribution in [3.8, 4) is 0 Å². The van der Waals surface area contributed by atoms with Gasteiger partial charge in [0.15, 0.2) is 0 Å². The SMILES string of the molecule is C=CC(=O)N1CCN(C(=O)Cc2ccc3ncccc3c2)C[C@@H]1Cc1ccccc1. The Hall–Kier alpha value is -3.47. The summed E-state index contributed by atoms with van der Waals surface area (Å²) in [6.07, 6.45) is 4.19. The topological polar surface area (TPSA) is 53.5 Å². The van der Waals surface area contributed by atoms with Crippen molar-refractivity contribution in [1.82, 2.24) is 14.8 Å². The van der Waals surface area contributed by atoms with Gasteiger partial charge < -0.3 is 9.80 Å². The van der Waals surface area contributed by atoms with Crippen molar-refractivity contribution in [2.24, 2.45) is 0 Å². The number of benzene rings is 2. The zero-order valence-electron chi connectivity index (χ0n) is 16.9. The summed E-state index contributed by atoms with van der Waals surface area (Å²) in [6, 6.07) is 19.9. The maximum Gasteiger partial charge on any atom is 0.246 e. The lowest BCUT2D eigenvalue weighted by molar-refractivity contribution is -0.139. The average Bonchev–Trinajstić information content (AvgIpc) is 2.79. The molecule has 0 unspecified atom stereocenters. The highest BCUT2D eigenvalue weighted by Gasteiger charge is 2.31. The number of rotatable bonds is 5. The van der Waals surface area contributed by atoms with E-state index in [4.69, 9.17) is 0 Å². The van der Waals surface area contributed by atoms with Crippen molar-refractivity contribution in [1.29, 1.82) is 0 Å². The predicted octanol–water partition coefficient (Wildman–Crippen LogP) is 3.25. The molecule has 5 heteroatoms. The van der Waals surface area contributed by atoms with Crippen LogP contribution in [0.4, 0.5) is 0 Å². The smallest absolute Gasteiger partial charge is 0.246 e. The van der Waals surface area contributed by atoms with Gasteiger partial charge in [0.2, 0.25) is 11.8 Å². The van der Waals surface area contributed by atoms with E-state index in [-0.39, 0.29) is 17.9 Å². The second kappa shape index (κ2) is 8.91. The molecule has 1 aliphatic rings. The number of hydrogen-bond donors (Lipinski definition) is 0. The summed E-state index contributed by atoms with van der Waals surface area (Å²) < 4.78 is 0. The number of carbonyl (C=O) groups excluding carboxylic acids is 2. The molecule has 0 saturated carbocycles. The van der Waals surface area contributed by atoms with Gasteiger partial charge in [-0.1, -0.05) is 49.0 Å². The Morgan fingerprint density at radius 3 is 2.67 bits per heavy atom. The first-order chi connectivity index (χ1) is 14.6. The van der Waals surface area contributed by atoms with E-state index in [0.717, 1.165) is 22.0 Å². The van der Waals surface area contributed by atoms with Crippen LogP contribution in [0.2, 0.25) is 0 Å². The molecule has 2 amide bonds. The molecule has 0 bridgehead atoms. The van der Waals surface area contributed by atoms with Gasteiger partial charge in [-0.15, -0.1) is 0 Å². The number of fused-ring (bicyclic) bond motifs is 1. The minimum atomic E-state index is -0.0786. The van der Waals surface area contributed by atoms with Crippen LogP contribution in [0.25, 0.3) is 10.9 Å². The molecular weight excluding hydrogens is 374 g/mol. The van der Waals surface area contributed by atoms with Gasteiger partial charge in [-0.25, -0.2) is 0 Å². The zero-order chi connectivity index (χ0) is 20.9. The minimum absolute atomic E-state index is 0.0589. The molecule has 0 N–H and O–H groups in total. The van der Waals surface area contributed by atoms with Crippen LogP contribution in [0.5, 0.6) is 0 Å². The number of nitrogens with zero attached hydrogens (tertiary/aromatic N) is 3. The maximum atomic E-state index is 13.0.